The van der Waals surface area contributed by atoms with Crippen molar-refractivity contribution in [2.24, 2.45) is 5.41 Å². The van der Waals surface area contributed by atoms with E-state index in [2.05, 4.69) is 26.1 Å². The Morgan fingerprint density at radius 2 is 2.20 bits per heavy atom. The summed E-state index contributed by atoms with van der Waals surface area (Å²) < 4.78 is 0. The van der Waals surface area contributed by atoms with Crippen LogP contribution in [0, 0.1) is 5.41 Å². The SMILES string of the molecule is CC(C)(C)[C@@H]1CSC(=O)N1. The van der Waals surface area contributed by atoms with Crippen molar-refractivity contribution >= 4 is 17.0 Å². The molecule has 10 heavy (non-hydrogen) atoms. The molecule has 1 rings (SSSR count). The van der Waals surface area contributed by atoms with Crippen LogP contribution in [-0.4, -0.2) is 17.0 Å². The van der Waals surface area contributed by atoms with Crippen molar-refractivity contribution in [3.63, 3.8) is 0 Å². The largest absolute Gasteiger partial charge is 0.343 e. The van der Waals surface area contributed by atoms with Crippen LogP contribution < -0.4 is 5.32 Å². The molecule has 0 aromatic rings. The maximum Gasteiger partial charge on any atom is 0.279 e. The molecule has 0 bridgehead atoms. The van der Waals surface area contributed by atoms with Crippen LogP contribution in [0.25, 0.3) is 0 Å². The lowest BCUT2D eigenvalue weighted by Crippen LogP contribution is -2.38. The van der Waals surface area contributed by atoms with E-state index >= 15 is 0 Å². The molecule has 1 atom stereocenters. The second kappa shape index (κ2) is 2.46. The molecule has 1 N–H and O–H groups in total. The van der Waals surface area contributed by atoms with E-state index in [1.54, 1.807) is 0 Å². The molecule has 0 aromatic carbocycles. The van der Waals surface area contributed by atoms with Crippen LogP contribution >= 0.6 is 11.8 Å². The second-order valence-corrected chi connectivity index (χ2v) is 4.65. The number of carbonyl (C=O) groups is 1. The van der Waals surface area contributed by atoms with Gasteiger partial charge in [-0.1, -0.05) is 32.5 Å². The van der Waals surface area contributed by atoms with Gasteiger partial charge in [-0.2, -0.15) is 0 Å². The zero-order chi connectivity index (χ0) is 7.78. The van der Waals surface area contributed by atoms with Crippen molar-refractivity contribution in [2.45, 2.75) is 26.8 Å². The highest BCUT2D eigenvalue weighted by atomic mass is 32.2. The lowest BCUT2D eigenvalue weighted by molar-refractivity contribution is 0.247. The van der Waals surface area contributed by atoms with E-state index in [9.17, 15) is 4.79 Å². The molecule has 1 heterocycles. The lowest BCUT2D eigenvalue weighted by Gasteiger charge is -2.25. The number of hydrogen-bond acceptors (Lipinski definition) is 2. The Labute approximate surface area is 65.8 Å². The Morgan fingerprint density at radius 3 is 2.40 bits per heavy atom. The van der Waals surface area contributed by atoms with Crippen molar-refractivity contribution in [3.8, 4) is 0 Å². The molecule has 0 saturated carbocycles. The van der Waals surface area contributed by atoms with Crippen LogP contribution in [0.4, 0.5) is 4.79 Å². The maximum absolute atomic E-state index is 10.8. The zero-order valence-corrected chi connectivity index (χ0v) is 7.42. The topological polar surface area (TPSA) is 29.1 Å². The minimum absolute atomic E-state index is 0.125. The first-order chi connectivity index (χ1) is 4.50. The summed E-state index contributed by atoms with van der Waals surface area (Å²) in [4.78, 5) is 10.8. The smallest absolute Gasteiger partial charge is 0.279 e. The minimum atomic E-state index is 0.125. The average molecular weight is 159 g/mol. The summed E-state index contributed by atoms with van der Waals surface area (Å²) in [5.74, 6) is 0.919. The Hall–Kier alpha value is -0.180. The molecule has 1 amide bonds. The summed E-state index contributed by atoms with van der Waals surface area (Å²) in [5.41, 5.74) is 0.208. The normalized spacial score (nSPS) is 26.7. The maximum atomic E-state index is 10.8. The molecule has 1 aliphatic heterocycles. The van der Waals surface area contributed by atoms with Gasteiger partial charge < -0.3 is 5.32 Å². The van der Waals surface area contributed by atoms with Gasteiger partial charge in [0.15, 0.2) is 0 Å². The van der Waals surface area contributed by atoms with Gasteiger partial charge in [0.2, 0.25) is 0 Å². The van der Waals surface area contributed by atoms with E-state index in [0.29, 0.717) is 6.04 Å². The summed E-state index contributed by atoms with van der Waals surface area (Å²) in [6.07, 6.45) is 0. The Kier molecular flexibility index (Phi) is 1.95. The third kappa shape index (κ3) is 1.66. The fraction of sp³-hybridized carbons (Fsp3) is 0.857. The number of carbonyl (C=O) groups excluding carboxylic acids is 1. The van der Waals surface area contributed by atoms with E-state index in [4.69, 9.17) is 0 Å². The molecule has 3 heteroatoms. The molecule has 58 valence electrons. The molecule has 0 radical (unpaired) electrons. The molecule has 0 aliphatic carbocycles. The Morgan fingerprint density at radius 1 is 1.60 bits per heavy atom. The first-order valence-electron chi connectivity index (χ1n) is 3.43. The number of thioether (sulfide) groups is 1. The molecular weight excluding hydrogens is 146 g/mol. The summed E-state index contributed by atoms with van der Waals surface area (Å²) in [7, 11) is 0. The van der Waals surface area contributed by atoms with Gasteiger partial charge in [0.25, 0.3) is 5.24 Å². The van der Waals surface area contributed by atoms with Gasteiger partial charge >= 0.3 is 0 Å². The minimum Gasteiger partial charge on any atom is -0.343 e. The first kappa shape index (κ1) is 7.92. The lowest BCUT2D eigenvalue weighted by atomic mass is 9.88. The number of nitrogens with one attached hydrogen (secondary N) is 1. The van der Waals surface area contributed by atoms with E-state index in [0.717, 1.165) is 5.75 Å². The highest BCUT2D eigenvalue weighted by Gasteiger charge is 2.31. The van der Waals surface area contributed by atoms with Crippen LogP contribution in [0.3, 0.4) is 0 Å². The highest BCUT2D eigenvalue weighted by Crippen LogP contribution is 2.27. The fourth-order valence-corrected chi connectivity index (χ4v) is 1.98. The summed E-state index contributed by atoms with van der Waals surface area (Å²) in [6.45, 7) is 6.43. The van der Waals surface area contributed by atoms with Crippen LogP contribution in [0.2, 0.25) is 0 Å². The quantitative estimate of drug-likeness (QED) is 0.584. The Balaban J connectivity index is 2.53. The summed E-state index contributed by atoms with van der Waals surface area (Å²) in [5, 5.41) is 3.04. The van der Waals surface area contributed by atoms with E-state index in [1.165, 1.54) is 11.8 Å². The van der Waals surface area contributed by atoms with Gasteiger partial charge in [0, 0.05) is 11.8 Å². The molecular formula is C7H13NOS. The van der Waals surface area contributed by atoms with Crippen LogP contribution in [-0.2, 0) is 0 Å². The van der Waals surface area contributed by atoms with E-state index in [-0.39, 0.29) is 10.7 Å². The van der Waals surface area contributed by atoms with Crippen molar-refractivity contribution in [3.05, 3.63) is 0 Å². The van der Waals surface area contributed by atoms with Gasteiger partial charge in [-0.15, -0.1) is 0 Å². The van der Waals surface area contributed by atoms with E-state index in [1.807, 2.05) is 0 Å². The van der Waals surface area contributed by atoms with Crippen molar-refractivity contribution < 1.29 is 4.79 Å². The third-order valence-electron chi connectivity index (χ3n) is 1.72. The molecule has 0 aromatic heterocycles. The summed E-state index contributed by atoms with van der Waals surface area (Å²) in [6, 6.07) is 0.352. The molecule has 1 aliphatic rings. The van der Waals surface area contributed by atoms with Crippen molar-refractivity contribution in [1.82, 2.24) is 5.32 Å². The fourth-order valence-electron chi connectivity index (χ4n) is 0.851. The molecule has 1 saturated heterocycles. The monoisotopic (exact) mass is 159 g/mol. The average Bonchev–Trinajstić information content (AvgIpc) is 2.11. The second-order valence-electron chi connectivity index (χ2n) is 3.66. The number of amides is 1. The predicted octanol–water partition coefficient (Wildman–Crippen LogP) is 1.86. The van der Waals surface area contributed by atoms with Crippen molar-refractivity contribution in [2.75, 3.05) is 5.75 Å². The third-order valence-corrected chi connectivity index (χ3v) is 2.60. The van der Waals surface area contributed by atoms with Gasteiger partial charge in [-0.25, -0.2) is 0 Å². The standard InChI is InChI=1S/C7H13NOS/c1-7(2,3)5-4-10-6(9)8-5/h5H,4H2,1-3H3,(H,8,9)/t5-/m0/s1. The Bertz CT molecular complexity index is 150. The van der Waals surface area contributed by atoms with Gasteiger partial charge in [-0.3, -0.25) is 4.79 Å². The first-order valence-corrected chi connectivity index (χ1v) is 4.42. The molecule has 0 spiro atoms. The van der Waals surface area contributed by atoms with Gasteiger partial charge in [-0.05, 0) is 5.41 Å². The van der Waals surface area contributed by atoms with Gasteiger partial charge in [0.05, 0.1) is 0 Å². The number of rotatable bonds is 0. The number of hydrogen-bond donors (Lipinski definition) is 1. The van der Waals surface area contributed by atoms with Crippen LogP contribution in [0.15, 0.2) is 0 Å². The molecule has 2 nitrogen and oxygen atoms in total. The molecule has 1 fully saturated rings. The summed E-state index contributed by atoms with van der Waals surface area (Å²) >= 11 is 1.38. The van der Waals surface area contributed by atoms with Crippen LogP contribution in [0.1, 0.15) is 20.8 Å². The van der Waals surface area contributed by atoms with Gasteiger partial charge in [0.1, 0.15) is 0 Å². The predicted molar refractivity (Wildman–Crippen MR) is 44.2 cm³/mol. The van der Waals surface area contributed by atoms with Crippen LogP contribution in [0.5, 0.6) is 0 Å². The zero-order valence-electron chi connectivity index (χ0n) is 6.60. The highest BCUT2D eigenvalue weighted by molar-refractivity contribution is 8.13. The molecule has 0 unspecified atom stereocenters. The van der Waals surface area contributed by atoms with E-state index < -0.39 is 0 Å². The van der Waals surface area contributed by atoms with Crippen molar-refractivity contribution in [1.29, 1.82) is 0 Å².